The van der Waals surface area contributed by atoms with E-state index in [0.717, 1.165) is 19.3 Å². The van der Waals surface area contributed by atoms with Gasteiger partial charge in [0.15, 0.2) is 0 Å². The van der Waals surface area contributed by atoms with Crippen molar-refractivity contribution in [3.05, 3.63) is 32.6 Å². The highest BCUT2D eigenvalue weighted by atomic mass is 31.2. The topological polar surface area (TPSA) is 122 Å². The van der Waals surface area contributed by atoms with E-state index in [9.17, 15) is 14.2 Å². The molecule has 8 nitrogen and oxygen atoms in total. The van der Waals surface area contributed by atoms with Crippen molar-refractivity contribution in [3.8, 4) is 0 Å². The van der Waals surface area contributed by atoms with Crippen LogP contribution in [0, 0.1) is 6.92 Å². The second-order valence-electron chi connectivity index (χ2n) is 5.68. The van der Waals surface area contributed by atoms with Gasteiger partial charge in [-0.15, -0.1) is 0 Å². The summed E-state index contributed by atoms with van der Waals surface area (Å²) in [5.41, 5.74) is -0.535. The maximum absolute atomic E-state index is 12.0. The third-order valence-corrected chi connectivity index (χ3v) is 4.36. The van der Waals surface area contributed by atoms with E-state index in [1.165, 1.54) is 10.8 Å². The standard InChI is InChI=1S/C13H21N2O6P/c1-9-7-15(13(17)14-12(9)16)10-5-3-2-4-6-11(10)21-8-22(18,19)20/h7,10-11H,2-6,8H2,1H3,(H,14,16,17)(H2,18,19,20)/t10-,11-/m1/s1. The Kier molecular flexibility index (Phi) is 5.39. The second kappa shape index (κ2) is 6.91. The number of nitrogens with zero attached hydrogens (tertiary/aromatic N) is 1. The van der Waals surface area contributed by atoms with E-state index in [4.69, 9.17) is 14.5 Å². The summed E-state index contributed by atoms with van der Waals surface area (Å²) in [6, 6.07) is -0.336. The minimum atomic E-state index is -4.26. The average molecular weight is 332 g/mol. The SMILES string of the molecule is Cc1cn([C@@H]2CCCCC[C@H]2OCP(=O)(O)O)c(=O)[nH]c1=O. The lowest BCUT2D eigenvalue weighted by Gasteiger charge is -2.27. The molecule has 1 aromatic rings. The minimum absolute atomic E-state index is 0.336. The molecule has 1 aliphatic rings. The van der Waals surface area contributed by atoms with Crippen molar-refractivity contribution in [2.45, 2.75) is 51.2 Å². The van der Waals surface area contributed by atoms with Crippen LogP contribution in [0.4, 0.5) is 0 Å². The van der Waals surface area contributed by atoms with Gasteiger partial charge >= 0.3 is 13.3 Å². The first kappa shape index (κ1) is 17.1. The van der Waals surface area contributed by atoms with E-state index in [1.54, 1.807) is 6.92 Å². The summed E-state index contributed by atoms with van der Waals surface area (Å²) in [7, 11) is -4.26. The molecule has 2 rings (SSSR count). The number of aryl methyl sites for hydroxylation is 1. The van der Waals surface area contributed by atoms with Crippen molar-refractivity contribution in [1.82, 2.24) is 9.55 Å². The lowest BCUT2D eigenvalue weighted by atomic mass is 10.1. The Morgan fingerprint density at radius 1 is 1.32 bits per heavy atom. The van der Waals surface area contributed by atoms with Crippen LogP contribution in [-0.2, 0) is 9.30 Å². The highest BCUT2D eigenvalue weighted by molar-refractivity contribution is 7.51. The van der Waals surface area contributed by atoms with E-state index < -0.39 is 31.3 Å². The third kappa shape index (κ3) is 4.39. The van der Waals surface area contributed by atoms with Crippen LogP contribution in [-0.4, -0.2) is 31.8 Å². The van der Waals surface area contributed by atoms with Crippen molar-refractivity contribution in [1.29, 1.82) is 0 Å². The zero-order valence-corrected chi connectivity index (χ0v) is 13.3. The van der Waals surface area contributed by atoms with Crippen molar-refractivity contribution >= 4 is 7.60 Å². The summed E-state index contributed by atoms with van der Waals surface area (Å²) in [5.74, 6) is 0. The lowest BCUT2D eigenvalue weighted by molar-refractivity contribution is 0.0290. The maximum Gasteiger partial charge on any atom is 0.350 e. The quantitative estimate of drug-likeness (QED) is 0.555. The Morgan fingerprint density at radius 3 is 2.68 bits per heavy atom. The number of nitrogens with one attached hydrogen (secondary N) is 1. The maximum atomic E-state index is 12.0. The monoisotopic (exact) mass is 332 g/mol. The molecule has 124 valence electrons. The van der Waals surface area contributed by atoms with Crippen molar-refractivity contribution < 1.29 is 19.1 Å². The fraction of sp³-hybridized carbons (Fsp3) is 0.692. The molecule has 0 amide bonds. The number of ether oxygens (including phenoxy) is 1. The van der Waals surface area contributed by atoms with E-state index in [1.807, 2.05) is 0 Å². The lowest BCUT2D eigenvalue weighted by Crippen LogP contribution is -2.38. The third-order valence-electron chi connectivity index (χ3n) is 3.88. The molecule has 1 heterocycles. The molecular formula is C13H21N2O6P. The van der Waals surface area contributed by atoms with Crippen molar-refractivity contribution in [3.63, 3.8) is 0 Å². The fourth-order valence-corrected chi connectivity index (χ4v) is 3.18. The highest BCUT2D eigenvalue weighted by Gasteiger charge is 2.29. The molecule has 0 aliphatic heterocycles. The first-order valence-corrected chi connectivity index (χ1v) is 9.06. The number of H-pyrrole nitrogens is 1. The molecule has 3 N–H and O–H groups in total. The summed E-state index contributed by atoms with van der Waals surface area (Å²) in [5, 5.41) is 0. The smallest absolute Gasteiger partial charge is 0.350 e. The molecule has 22 heavy (non-hydrogen) atoms. The Labute approximate surface area is 127 Å². The Balaban J connectivity index is 2.31. The van der Waals surface area contributed by atoms with Gasteiger partial charge in [-0.2, -0.15) is 0 Å². The molecule has 0 saturated heterocycles. The average Bonchev–Trinajstić information content (AvgIpc) is 2.65. The predicted octanol–water partition coefficient (Wildman–Crippen LogP) is 0.871. The van der Waals surface area contributed by atoms with Crippen LogP contribution in [0.15, 0.2) is 15.8 Å². The molecule has 2 atom stereocenters. The summed E-state index contributed by atoms with van der Waals surface area (Å²) >= 11 is 0. The number of hydrogen-bond donors (Lipinski definition) is 3. The number of rotatable bonds is 4. The Morgan fingerprint density at radius 2 is 2.00 bits per heavy atom. The molecule has 1 saturated carbocycles. The molecule has 0 spiro atoms. The van der Waals surface area contributed by atoms with Crippen LogP contribution in [0.3, 0.4) is 0 Å². The molecule has 0 unspecified atom stereocenters. The van der Waals surface area contributed by atoms with Gasteiger partial charge in [0, 0.05) is 11.8 Å². The fourth-order valence-electron chi connectivity index (χ4n) is 2.79. The number of hydrogen-bond acceptors (Lipinski definition) is 4. The minimum Gasteiger partial charge on any atom is -0.363 e. The Bertz CT molecular complexity index is 676. The largest absolute Gasteiger partial charge is 0.363 e. The summed E-state index contributed by atoms with van der Waals surface area (Å²) in [6.07, 6.45) is 4.40. The molecule has 1 aromatic heterocycles. The molecule has 0 radical (unpaired) electrons. The van der Waals surface area contributed by atoms with Gasteiger partial charge in [0.05, 0.1) is 12.1 Å². The second-order valence-corrected chi connectivity index (χ2v) is 7.27. The molecule has 0 bridgehead atoms. The summed E-state index contributed by atoms with van der Waals surface area (Å²) in [6.45, 7) is 1.61. The first-order valence-electron chi connectivity index (χ1n) is 7.26. The van der Waals surface area contributed by atoms with Gasteiger partial charge < -0.3 is 14.5 Å². The van der Waals surface area contributed by atoms with E-state index >= 15 is 0 Å². The molecule has 0 aromatic carbocycles. The van der Waals surface area contributed by atoms with Crippen LogP contribution in [0.2, 0.25) is 0 Å². The number of aromatic nitrogens is 2. The molecule has 1 aliphatic carbocycles. The zero-order valence-electron chi connectivity index (χ0n) is 12.4. The first-order chi connectivity index (χ1) is 10.3. The van der Waals surface area contributed by atoms with Crippen LogP contribution in [0.5, 0.6) is 0 Å². The van der Waals surface area contributed by atoms with Crippen LogP contribution in [0.1, 0.15) is 43.7 Å². The molecular weight excluding hydrogens is 311 g/mol. The summed E-state index contributed by atoms with van der Waals surface area (Å²) < 4.78 is 17.8. The highest BCUT2D eigenvalue weighted by Crippen LogP contribution is 2.37. The van der Waals surface area contributed by atoms with Crippen LogP contribution >= 0.6 is 7.60 Å². The van der Waals surface area contributed by atoms with Gasteiger partial charge in [0.2, 0.25) is 0 Å². The molecule has 9 heteroatoms. The number of aromatic amines is 1. The van der Waals surface area contributed by atoms with Crippen molar-refractivity contribution in [2.75, 3.05) is 6.35 Å². The van der Waals surface area contributed by atoms with Crippen LogP contribution in [0.25, 0.3) is 0 Å². The van der Waals surface area contributed by atoms with Gasteiger partial charge in [-0.3, -0.25) is 18.9 Å². The zero-order chi connectivity index (χ0) is 16.3. The van der Waals surface area contributed by atoms with Gasteiger partial charge in [0.1, 0.15) is 6.35 Å². The van der Waals surface area contributed by atoms with E-state index in [0.29, 0.717) is 18.4 Å². The predicted molar refractivity (Wildman–Crippen MR) is 80.0 cm³/mol. The van der Waals surface area contributed by atoms with Gasteiger partial charge in [0.25, 0.3) is 5.56 Å². The van der Waals surface area contributed by atoms with Crippen LogP contribution < -0.4 is 11.2 Å². The van der Waals surface area contributed by atoms with Gasteiger partial charge in [-0.1, -0.05) is 19.3 Å². The normalized spacial score (nSPS) is 23.2. The van der Waals surface area contributed by atoms with Gasteiger partial charge in [-0.05, 0) is 19.8 Å². The Hall–Kier alpha value is -1.21. The van der Waals surface area contributed by atoms with E-state index in [-0.39, 0.29) is 6.04 Å². The molecule has 1 fully saturated rings. The van der Waals surface area contributed by atoms with E-state index in [2.05, 4.69) is 4.98 Å². The van der Waals surface area contributed by atoms with Gasteiger partial charge in [-0.25, -0.2) is 4.79 Å². The summed E-state index contributed by atoms with van der Waals surface area (Å²) in [4.78, 5) is 43.7. The van der Waals surface area contributed by atoms with Crippen molar-refractivity contribution in [2.24, 2.45) is 0 Å².